The lowest BCUT2D eigenvalue weighted by Crippen LogP contribution is -2.33. The van der Waals surface area contributed by atoms with E-state index in [0.29, 0.717) is 29.5 Å². The quantitative estimate of drug-likeness (QED) is 0.576. The summed E-state index contributed by atoms with van der Waals surface area (Å²) in [7, 11) is 1.63. The second-order valence-electron chi connectivity index (χ2n) is 6.89. The van der Waals surface area contributed by atoms with E-state index in [0.717, 1.165) is 11.1 Å². The Hall–Kier alpha value is -3.46. The van der Waals surface area contributed by atoms with Crippen LogP contribution in [0, 0.1) is 12.7 Å². The summed E-state index contributed by atoms with van der Waals surface area (Å²) in [6, 6.07) is 10.7. The maximum absolute atomic E-state index is 12.9. The predicted molar refractivity (Wildman–Crippen MR) is 113 cm³/mol. The Morgan fingerprint density at radius 1 is 1.19 bits per heavy atom. The van der Waals surface area contributed by atoms with E-state index < -0.39 is 5.91 Å². The number of rotatable bonds is 7. The molecule has 0 unspecified atom stereocenters. The van der Waals surface area contributed by atoms with E-state index in [2.05, 4.69) is 20.8 Å². The maximum atomic E-state index is 12.9. The zero-order chi connectivity index (χ0) is 22.4. The Bertz CT molecular complexity index is 1070. The minimum Gasteiger partial charge on any atom is -0.344 e. The second-order valence-corrected chi connectivity index (χ2v) is 7.32. The van der Waals surface area contributed by atoms with Gasteiger partial charge in [0.05, 0.1) is 0 Å². The Labute approximate surface area is 183 Å². The molecule has 0 aliphatic carbocycles. The molecule has 1 heterocycles. The molecule has 2 aromatic carbocycles. The number of carbonyl (C=O) groups excluding carboxylic acids is 2. The largest absolute Gasteiger partial charge is 0.344 e. The molecule has 1 aromatic heterocycles. The van der Waals surface area contributed by atoms with Gasteiger partial charge >= 0.3 is 17.8 Å². The molecule has 0 fully saturated rings. The summed E-state index contributed by atoms with van der Waals surface area (Å²) in [4.78, 5) is 30.0. The first kappa shape index (κ1) is 22.2. The minimum atomic E-state index is -0.536. The third-order valence-electron chi connectivity index (χ3n) is 4.49. The number of aromatic nitrogens is 2. The number of nitrogens with one attached hydrogen (secondary N) is 2. The number of amides is 3. The van der Waals surface area contributed by atoms with Crippen LogP contribution in [0.4, 0.5) is 14.9 Å². The molecule has 0 spiro atoms. The summed E-state index contributed by atoms with van der Waals surface area (Å²) in [5, 5.41) is 9.72. The van der Waals surface area contributed by atoms with Gasteiger partial charge in [0.25, 0.3) is 0 Å². The Morgan fingerprint density at radius 3 is 2.68 bits per heavy atom. The fourth-order valence-electron chi connectivity index (χ4n) is 2.62. The van der Waals surface area contributed by atoms with Gasteiger partial charge in [0.15, 0.2) is 5.82 Å². The topological polar surface area (TPSA) is 100 Å². The highest BCUT2D eigenvalue weighted by Crippen LogP contribution is 2.20. The third kappa shape index (κ3) is 6.26. The SMILES string of the molecule is Cc1ccc(Cl)cc1NC(=O)N(C)CCc1noc(C(=O)NCc2ccc(F)cc2)n1. The number of halogens is 2. The van der Waals surface area contributed by atoms with Crippen molar-refractivity contribution in [1.29, 1.82) is 0 Å². The van der Waals surface area contributed by atoms with Crippen molar-refractivity contribution >= 4 is 29.2 Å². The highest BCUT2D eigenvalue weighted by molar-refractivity contribution is 6.31. The van der Waals surface area contributed by atoms with Gasteiger partial charge in [-0.2, -0.15) is 4.98 Å². The number of hydrogen-bond acceptors (Lipinski definition) is 5. The fraction of sp³-hybridized carbons (Fsp3) is 0.238. The van der Waals surface area contributed by atoms with Gasteiger partial charge in [-0.05, 0) is 42.3 Å². The zero-order valence-corrected chi connectivity index (χ0v) is 17.7. The first-order valence-electron chi connectivity index (χ1n) is 9.45. The van der Waals surface area contributed by atoms with Gasteiger partial charge in [0, 0.05) is 37.3 Å². The van der Waals surface area contributed by atoms with E-state index in [9.17, 15) is 14.0 Å². The Kier molecular flexibility index (Phi) is 7.19. The van der Waals surface area contributed by atoms with Crippen LogP contribution in [0.1, 0.15) is 27.6 Å². The molecule has 0 aliphatic rings. The summed E-state index contributed by atoms with van der Waals surface area (Å²) >= 11 is 5.97. The van der Waals surface area contributed by atoms with Crippen LogP contribution in [-0.4, -0.2) is 40.6 Å². The summed E-state index contributed by atoms with van der Waals surface area (Å²) in [5.74, 6) is -0.770. The third-order valence-corrected chi connectivity index (χ3v) is 4.72. The maximum Gasteiger partial charge on any atom is 0.321 e. The molecule has 0 aliphatic heterocycles. The van der Waals surface area contributed by atoms with E-state index in [4.69, 9.17) is 16.1 Å². The van der Waals surface area contributed by atoms with Crippen molar-refractivity contribution in [2.45, 2.75) is 19.9 Å². The summed E-state index contributed by atoms with van der Waals surface area (Å²) in [6.07, 6.45) is 0.299. The lowest BCUT2D eigenvalue weighted by molar-refractivity contribution is 0.0907. The molecular weight excluding hydrogens is 425 g/mol. The van der Waals surface area contributed by atoms with Crippen molar-refractivity contribution in [3.8, 4) is 0 Å². The van der Waals surface area contributed by atoms with Gasteiger partial charge in [-0.1, -0.05) is 35.0 Å². The summed E-state index contributed by atoms with van der Waals surface area (Å²) in [6.45, 7) is 2.37. The molecule has 0 radical (unpaired) electrons. The summed E-state index contributed by atoms with van der Waals surface area (Å²) in [5.41, 5.74) is 2.25. The molecule has 3 rings (SSSR count). The monoisotopic (exact) mass is 445 g/mol. The van der Waals surface area contributed by atoms with Gasteiger partial charge in [0.1, 0.15) is 5.82 Å². The lowest BCUT2D eigenvalue weighted by atomic mass is 10.2. The number of anilines is 1. The number of likely N-dealkylation sites (N-methyl/N-ethyl adjacent to an activating group) is 1. The smallest absolute Gasteiger partial charge is 0.321 e. The molecule has 0 atom stereocenters. The van der Waals surface area contributed by atoms with Crippen LogP contribution in [0.15, 0.2) is 47.0 Å². The van der Waals surface area contributed by atoms with Gasteiger partial charge in [-0.3, -0.25) is 4.79 Å². The molecule has 8 nitrogen and oxygen atoms in total. The molecule has 0 bridgehead atoms. The van der Waals surface area contributed by atoms with E-state index in [1.807, 2.05) is 13.0 Å². The predicted octanol–water partition coefficient (Wildman–Crippen LogP) is 3.81. The number of aryl methyl sites for hydroxylation is 1. The van der Waals surface area contributed by atoms with Crippen LogP contribution in [0.5, 0.6) is 0 Å². The van der Waals surface area contributed by atoms with Crippen LogP contribution in [-0.2, 0) is 13.0 Å². The van der Waals surface area contributed by atoms with E-state index in [-0.39, 0.29) is 24.3 Å². The van der Waals surface area contributed by atoms with Crippen molar-refractivity contribution in [3.63, 3.8) is 0 Å². The first-order valence-corrected chi connectivity index (χ1v) is 9.83. The Balaban J connectivity index is 1.48. The average Bonchev–Trinajstić information content (AvgIpc) is 3.23. The molecule has 162 valence electrons. The van der Waals surface area contributed by atoms with Gasteiger partial charge < -0.3 is 20.1 Å². The second kappa shape index (κ2) is 10.0. The molecule has 3 aromatic rings. The van der Waals surface area contributed by atoms with E-state index >= 15 is 0 Å². The van der Waals surface area contributed by atoms with Crippen molar-refractivity contribution < 1.29 is 18.5 Å². The molecule has 3 amide bonds. The normalized spacial score (nSPS) is 10.6. The molecule has 31 heavy (non-hydrogen) atoms. The number of hydrogen-bond donors (Lipinski definition) is 2. The average molecular weight is 446 g/mol. The fourth-order valence-corrected chi connectivity index (χ4v) is 2.79. The van der Waals surface area contributed by atoms with E-state index in [1.54, 1.807) is 31.3 Å². The molecular formula is C21H21ClFN5O3. The number of carbonyl (C=O) groups is 2. The minimum absolute atomic E-state index is 0.182. The van der Waals surface area contributed by atoms with E-state index in [1.165, 1.54) is 17.0 Å². The van der Waals surface area contributed by atoms with Crippen LogP contribution >= 0.6 is 11.6 Å². The van der Waals surface area contributed by atoms with Crippen molar-refractivity contribution in [3.05, 3.63) is 76.1 Å². The standard InChI is InChI=1S/C21H21ClFN5O3/c1-13-3-6-15(22)11-17(13)25-21(30)28(2)10-9-18-26-20(31-27-18)19(29)24-12-14-4-7-16(23)8-5-14/h3-8,11H,9-10,12H2,1-2H3,(H,24,29)(H,25,30). The number of urea groups is 1. The van der Waals surface area contributed by atoms with Crippen LogP contribution in [0.2, 0.25) is 5.02 Å². The number of nitrogens with zero attached hydrogens (tertiary/aromatic N) is 3. The van der Waals surface area contributed by atoms with Crippen LogP contribution in [0.3, 0.4) is 0 Å². The van der Waals surface area contributed by atoms with Crippen molar-refractivity contribution in [1.82, 2.24) is 20.4 Å². The van der Waals surface area contributed by atoms with Crippen LogP contribution < -0.4 is 10.6 Å². The van der Waals surface area contributed by atoms with Crippen molar-refractivity contribution in [2.24, 2.45) is 0 Å². The molecule has 0 saturated carbocycles. The van der Waals surface area contributed by atoms with Gasteiger partial charge in [-0.25, -0.2) is 9.18 Å². The molecule has 0 saturated heterocycles. The highest BCUT2D eigenvalue weighted by Gasteiger charge is 2.16. The first-order chi connectivity index (χ1) is 14.8. The summed E-state index contributed by atoms with van der Waals surface area (Å²) < 4.78 is 17.9. The van der Waals surface area contributed by atoms with Gasteiger partial charge in [0.2, 0.25) is 0 Å². The molecule has 2 N–H and O–H groups in total. The zero-order valence-electron chi connectivity index (χ0n) is 17.0. The number of benzene rings is 2. The Morgan fingerprint density at radius 2 is 1.94 bits per heavy atom. The molecule has 10 heteroatoms. The highest BCUT2D eigenvalue weighted by atomic mass is 35.5. The van der Waals surface area contributed by atoms with Gasteiger partial charge in [-0.15, -0.1) is 0 Å². The van der Waals surface area contributed by atoms with Crippen molar-refractivity contribution in [2.75, 3.05) is 18.9 Å². The van der Waals surface area contributed by atoms with Crippen LogP contribution in [0.25, 0.3) is 0 Å². The lowest BCUT2D eigenvalue weighted by Gasteiger charge is -2.18.